The number of nitrogens with zero attached hydrogens (tertiary/aromatic N) is 4. The van der Waals surface area contributed by atoms with Crippen LogP contribution < -0.4 is 21.1 Å². The van der Waals surface area contributed by atoms with Crippen molar-refractivity contribution < 1.29 is 28.2 Å². The van der Waals surface area contributed by atoms with Crippen LogP contribution in [0.25, 0.3) is 21.8 Å². The number of halogens is 3. The van der Waals surface area contributed by atoms with Crippen LogP contribution in [0.15, 0.2) is 72.9 Å². The third-order valence-corrected chi connectivity index (χ3v) is 7.30. The molecule has 11 nitrogen and oxygen atoms in total. The van der Waals surface area contributed by atoms with Crippen molar-refractivity contribution in [2.45, 2.75) is 0 Å². The zero-order valence-corrected chi connectivity index (χ0v) is 26.1. The van der Waals surface area contributed by atoms with Gasteiger partial charge in [0.1, 0.15) is 29.6 Å². The van der Waals surface area contributed by atoms with E-state index in [1.807, 2.05) is 25.1 Å². The summed E-state index contributed by atoms with van der Waals surface area (Å²) in [7, 11) is 3.93. The number of rotatable bonds is 10. The number of nitrogens with two attached hydrogens (primary N) is 1. The number of likely N-dealkylation sites (N-methyl/N-ethyl adjacent to an activating group) is 1. The third-order valence-electron chi connectivity index (χ3n) is 6.10. The molecule has 5 N–H and O–H groups in total. The van der Waals surface area contributed by atoms with E-state index in [9.17, 15) is 13.6 Å². The minimum absolute atomic E-state index is 0.250. The van der Waals surface area contributed by atoms with Gasteiger partial charge in [0.25, 0.3) is 12.4 Å². The normalized spacial score (nSPS) is 10.6. The molecule has 3 aromatic carbocycles. The van der Waals surface area contributed by atoms with Gasteiger partial charge in [-0.2, -0.15) is 0 Å². The van der Waals surface area contributed by atoms with E-state index < -0.39 is 23.1 Å². The number of anilines is 4. The van der Waals surface area contributed by atoms with Crippen LogP contribution in [0.1, 0.15) is 10.4 Å². The Bertz CT molecular complexity index is 1820. The van der Waals surface area contributed by atoms with E-state index in [1.54, 1.807) is 48.7 Å². The van der Waals surface area contributed by atoms with Crippen molar-refractivity contribution in [3.05, 3.63) is 95.1 Å². The second kappa shape index (κ2) is 15.7. The minimum atomic E-state index is -0.956. The van der Waals surface area contributed by atoms with Crippen LogP contribution in [0.2, 0.25) is 5.02 Å². The standard InChI is InChI=1S/C30H26ClF2N7O2S.CH2O2/c1-40(2)13-14-42-24-10-9-19(16-20(24)31)37-30-35-12-11-23(38-30)27-26(39-29(34)43-27)17-5-3-6-18(15-17)36-28(41)25-21(32)7-4-8-22(25)33;2-1-3/h3-12,15-16H,13-14H2,1-2H3,(H2,34,39)(H,36,41)(H,35,37,38);1H,(H,2,3). The van der Waals surface area contributed by atoms with Crippen molar-refractivity contribution in [1.82, 2.24) is 19.9 Å². The third kappa shape index (κ3) is 8.72. The van der Waals surface area contributed by atoms with E-state index in [2.05, 4.69) is 25.6 Å². The highest BCUT2D eigenvalue weighted by Crippen LogP contribution is 2.38. The number of aromatic nitrogens is 3. The Kier molecular flexibility index (Phi) is 11.5. The Morgan fingerprint density at radius 2 is 1.78 bits per heavy atom. The number of benzene rings is 3. The van der Waals surface area contributed by atoms with Gasteiger partial charge in [0.05, 0.1) is 21.3 Å². The Balaban J connectivity index is 0.00000154. The zero-order chi connectivity index (χ0) is 33.2. The summed E-state index contributed by atoms with van der Waals surface area (Å²) in [5, 5.41) is 13.3. The highest BCUT2D eigenvalue weighted by molar-refractivity contribution is 7.19. The maximum Gasteiger partial charge on any atom is 0.290 e. The lowest BCUT2D eigenvalue weighted by Crippen LogP contribution is -2.19. The van der Waals surface area contributed by atoms with Gasteiger partial charge in [0.15, 0.2) is 5.13 Å². The Morgan fingerprint density at radius 1 is 1.07 bits per heavy atom. The number of nitrogen functional groups attached to an aromatic ring is 1. The highest BCUT2D eigenvalue weighted by Gasteiger charge is 2.19. The Hall–Kier alpha value is -5.18. The molecular weight excluding hydrogens is 640 g/mol. The van der Waals surface area contributed by atoms with Gasteiger partial charge in [-0.25, -0.2) is 23.7 Å². The Morgan fingerprint density at radius 3 is 2.48 bits per heavy atom. The topological polar surface area (TPSA) is 156 Å². The summed E-state index contributed by atoms with van der Waals surface area (Å²) in [4.78, 5) is 37.1. The first-order chi connectivity index (χ1) is 22.1. The molecule has 0 atom stereocenters. The molecule has 0 unspecified atom stereocenters. The molecule has 2 aromatic heterocycles. The average molecular weight is 668 g/mol. The van der Waals surface area contributed by atoms with Crippen LogP contribution in [0.5, 0.6) is 5.75 Å². The monoisotopic (exact) mass is 667 g/mol. The number of nitrogens with one attached hydrogen (secondary N) is 2. The fraction of sp³-hybridized carbons (Fsp3) is 0.129. The van der Waals surface area contributed by atoms with Crippen LogP contribution in [0, 0.1) is 11.6 Å². The number of ether oxygens (including phenoxy) is 1. The molecule has 0 radical (unpaired) electrons. The molecule has 5 rings (SSSR count). The highest BCUT2D eigenvalue weighted by atomic mass is 35.5. The molecule has 0 bridgehead atoms. The molecule has 0 aliphatic rings. The number of thiazole rings is 1. The van der Waals surface area contributed by atoms with E-state index in [1.165, 1.54) is 17.4 Å². The van der Waals surface area contributed by atoms with Gasteiger partial charge in [0, 0.05) is 29.7 Å². The summed E-state index contributed by atoms with van der Waals surface area (Å²) >= 11 is 7.65. The lowest BCUT2D eigenvalue weighted by Gasteiger charge is -2.13. The summed E-state index contributed by atoms with van der Waals surface area (Å²) < 4.78 is 34.0. The van der Waals surface area contributed by atoms with Crippen LogP contribution in [-0.4, -0.2) is 64.6 Å². The van der Waals surface area contributed by atoms with Crippen molar-refractivity contribution in [3.8, 4) is 27.6 Å². The predicted molar refractivity (Wildman–Crippen MR) is 175 cm³/mol. The second-order valence-corrected chi connectivity index (χ2v) is 11.1. The van der Waals surface area contributed by atoms with E-state index in [0.717, 1.165) is 18.7 Å². The molecule has 238 valence electrons. The number of hydrogen-bond donors (Lipinski definition) is 4. The van der Waals surface area contributed by atoms with Gasteiger partial charge in [-0.3, -0.25) is 9.59 Å². The summed E-state index contributed by atoms with van der Waals surface area (Å²) in [5.74, 6) is -1.93. The lowest BCUT2D eigenvalue weighted by atomic mass is 10.1. The molecular formula is C31H28ClF2N7O4S. The fourth-order valence-electron chi connectivity index (χ4n) is 4.07. The molecule has 0 aliphatic carbocycles. The number of carboxylic acid groups (broad SMARTS) is 1. The minimum Gasteiger partial charge on any atom is -0.491 e. The molecule has 0 spiro atoms. The molecule has 0 fully saturated rings. The molecule has 0 saturated carbocycles. The first-order valence-electron chi connectivity index (χ1n) is 13.5. The number of carbonyl (C=O) groups is 2. The number of carbonyl (C=O) groups excluding carboxylic acids is 1. The van der Waals surface area contributed by atoms with Crippen LogP contribution in [0.4, 0.5) is 31.2 Å². The smallest absolute Gasteiger partial charge is 0.290 e. The van der Waals surface area contributed by atoms with E-state index in [0.29, 0.717) is 61.7 Å². The number of amides is 1. The maximum absolute atomic E-state index is 14.1. The van der Waals surface area contributed by atoms with Crippen molar-refractivity contribution in [2.24, 2.45) is 0 Å². The van der Waals surface area contributed by atoms with Crippen LogP contribution in [0.3, 0.4) is 0 Å². The van der Waals surface area contributed by atoms with Crippen molar-refractivity contribution in [3.63, 3.8) is 0 Å². The fourth-order valence-corrected chi connectivity index (χ4v) is 5.13. The van der Waals surface area contributed by atoms with Gasteiger partial charge >= 0.3 is 0 Å². The maximum atomic E-state index is 14.1. The quantitative estimate of drug-likeness (QED) is 0.123. The summed E-state index contributed by atoms with van der Waals surface area (Å²) in [6, 6.07) is 17.0. The molecule has 0 aliphatic heterocycles. The largest absolute Gasteiger partial charge is 0.491 e. The van der Waals surface area contributed by atoms with Crippen molar-refractivity contribution >= 4 is 57.8 Å². The molecule has 5 aromatic rings. The average Bonchev–Trinajstić information content (AvgIpc) is 3.40. The zero-order valence-electron chi connectivity index (χ0n) is 24.5. The van der Waals surface area contributed by atoms with E-state index >= 15 is 0 Å². The molecule has 46 heavy (non-hydrogen) atoms. The molecule has 1 amide bonds. The summed E-state index contributed by atoms with van der Waals surface area (Å²) in [5.41, 5.74) is 8.09. The number of hydrogen-bond acceptors (Lipinski definition) is 10. The first-order valence-corrected chi connectivity index (χ1v) is 14.7. The molecule has 2 heterocycles. The Labute approximate surface area is 271 Å². The van der Waals surface area contributed by atoms with Crippen molar-refractivity contribution in [1.29, 1.82) is 0 Å². The second-order valence-electron chi connectivity index (χ2n) is 9.65. The van der Waals surface area contributed by atoms with E-state index in [4.69, 9.17) is 32.0 Å². The van der Waals surface area contributed by atoms with Crippen LogP contribution in [-0.2, 0) is 4.79 Å². The van der Waals surface area contributed by atoms with Crippen LogP contribution >= 0.6 is 22.9 Å². The molecule has 0 saturated heterocycles. The first kappa shape index (κ1) is 33.7. The van der Waals surface area contributed by atoms with Gasteiger partial charge in [-0.05, 0) is 62.6 Å². The van der Waals surface area contributed by atoms with Gasteiger partial charge in [-0.15, -0.1) is 0 Å². The molecule has 15 heteroatoms. The van der Waals surface area contributed by atoms with Crippen molar-refractivity contribution in [2.75, 3.05) is 43.6 Å². The van der Waals surface area contributed by atoms with Gasteiger partial charge in [-0.1, -0.05) is 41.1 Å². The van der Waals surface area contributed by atoms with Gasteiger partial charge in [0.2, 0.25) is 5.95 Å². The lowest BCUT2D eigenvalue weighted by molar-refractivity contribution is -0.122. The summed E-state index contributed by atoms with van der Waals surface area (Å²) in [6.45, 7) is 1.01. The summed E-state index contributed by atoms with van der Waals surface area (Å²) in [6.07, 6.45) is 1.60. The SMILES string of the molecule is CN(C)CCOc1ccc(Nc2nccc(-c3sc(N)nc3-c3cccc(NC(=O)c4c(F)cccc4F)c3)n2)cc1Cl.O=CO. The van der Waals surface area contributed by atoms with Gasteiger partial charge < -0.3 is 31.1 Å². The van der Waals surface area contributed by atoms with E-state index in [-0.39, 0.29) is 6.47 Å². The predicted octanol–water partition coefficient (Wildman–Crippen LogP) is 6.42.